The molecular formula is C23H16Cl2N2O4S. The maximum Gasteiger partial charge on any atom is 0.325 e. The van der Waals surface area contributed by atoms with Crippen molar-refractivity contribution in [2.24, 2.45) is 4.99 Å². The molecule has 1 amide bonds. The number of aromatic nitrogens is 1. The number of halogens is 2. The van der Waals surface area contributed by atoms with Crippen molar-refractivity contribution in [2.75, 3.05) is 7.11 Å². The molecule has 6 nitrogen and oxygen atoms in total. The van der Waals surface area contributed by atoms with Crippen molar-refractivity contribution in [3.05, 3.63) is 87.1 Å². The Hall–Kier alpha value is -3.13. The summed E-state index contributed by atoms with van der Waals surface area (Å²) in [6.07, 6.45) is 0. The van der Waals surface area contributed by atoms with Gasteiger partial charge in [-0.1, -0.05) is 58.8 Å². The van der Waals surface area contributed by atoms with Crippen LogP contribution in [0.5, 0.6) is 11.5 Å². The normalized spacial score (nSPS) is 11.5. The summed E-state index contributed by atoms with van der Waals surface area (Å²) in [5, 5.41) is 0.789. The van der Waals surface area contributed by atoms with Crippen molar-refractivity contribution in [2.45, 2.75) is 6.54 Å². The number of amides is 1. The molecule has 0 aliphatic heterocycles. The fourth-order valence-corrected chi connectivity index (χ4v) is 4.83. The summed E-state index contributed by atoms with van der Waals surface area (Å²) in [6.45, 7) is -0.152. The highest BCUT2D eigenvalue weighted by Gasteiger charge is 2.16. The molecule has 0 saturated carbocycles. The number of benzene rings is 3. The average molecular weight is 487 g/mol. The number of rotatable bonds is 5. The molecule has 0 aliphatic rings. The van der Waals surface area contributed by atoms with Gasteiger partial charge >= 0.3 is 5.97 Å². The lowest BCUT2D eigenvalue weighted by Crippen LogP contribution is -2.22. The number of fused-ring (bicyclic) bond motifs is 1. The third kappa shape index (κ3) is 4.85. The average Bonchev–Trinajstić information content (AvgIpc) is 3.11. The molecule has 32 heavy (non-hydrogen) atoms. The minimum atomic E-state index is -0.497. The topological polar surface area (TPSA) is 69.9 Å². The van der Waals surface area contributed by atoms with Gasteiger partial charge in [0.15, 0.2) is 4.80 Å². The van der Waals surface area contributed by atoms with E-state index in [1.54, 1.807) is 41.0 Å². The van der Waals surface area contributed by atoms with Crippen molar-refractivity contribution >= 4 is 56.6 Å². The van der Waals surface area contributed by atoms with E-state index in [0.29, 0.717) is 42.1 Å². The summed E-state index contributed by atoms with van der Waals surface area (Å²) in [6, 6.07) is 19.2. The molecule has 0 bridgehead atoms. The van der Waals surface area contributed by atoms with Crippen LogP contribution in [0.15, 0.2) is 71.7 Å². The van der Waals surface area contributed by atoms with Crippen LogP contribution in [0.1, 0.15) is 10.4 Å². The van der Waals surface area contributed by atoms with Crippen molar-refractivity contribution in [1.29, 1.82) is 0 Å². The molecule has 1 aromatic heterocycles. The zero-order valence-electron chi connectivity index (χ0n) is 16.7. The van der Waals surface area contributed by atoms with Crippen LogP contribution < -0.4 is 9.54 Å². The van der Waals surface area contributed by atoms with Crippen molar-refractivity contribution in [3.63, 3.8) is 0 Å². The second-order valence-electron chi connectivity index (χ2n) is 6.64. The Bertz CT molecular complexity index is 1380. The lowest BCUT2D eigenvalue weighted by atomic mass is 10.2. The molecule has 9 heteroatoms. The quantitative estimate of drug-likeness (QED) is 0.338. The van der Waals surface area contributed by atoms with Gasteiger partial charge in [0.2, 0.25) is 0 Å². The predicted octanol–water partition coefficient (Wildman–Crippen LogP) is 5.72. The van der Waals surface area contributed by atoms with E-state index >= 15 is 0 Å². The summed E-state index contributed by atoms with van der Waals surface area (Å²) in [5.41, 5.74) is 0.892. The van der Waals surface area contributed by atoms with Gasteiger partial charge in [0.1, 0.15) is 18.0 Å². The van der Waals surface area contributed by atoms with Crippen LogP contribution in [0.4, 0.5) is 0 Å². The summed E-state index contributed by atoms with van der Waals surface area (Å²) in [4.78, 5) is 29.5. The molecule has 0 saturated heterocycles. The monoisotopic (exact) mass is 486 g/mol. The van der Waals surface area contributed by atoms with Gasteiger partial charge in [0.05, 0.1) is 22.3 Å². The first-order chi connectivity index (χ1) is 15.4. The van der Waals surface area contributed by atoms with E-state index in [4.69, 9.17) is 32.7 Å². The number of carbonyl (C=O) groups excluding carboxylic acids is 2. The largest absolute Gasteiger partial charge is 0.468 e. The zero-order valence-corrected chi connectivity index (χ0v) is 19.1. The van der Waals surface area contributed by atoms with Crippen LogP contribution in [-0.4, -0.2) is 23.6 Å². The smallest absolute Gasteiger partial charge is 0.325 e. The lowest BCUT2D eigenvalue weighted by molar-refractivity contribution is -0.141. The number of hydrogen-bond donors (Lipinski definition) is 0. The molecule has 162 valence electrons. The zero-order chi connectivity index (χ0) is 22.7. The first kappa shape index (κ1) is 22.1. The van der Waals surface area contributed by atoms with E-state index in [1.807, 2.05) is 30.3 Å². The third-order valence-electron chi connectivity index (χ3n) is 4.47. The van der Waals surface area contributed by atoms with Crippen molar-refractivity contribution < 1.29 is 19.1 Å². The van der Waals surface area contributed by atoms with E-state index in [0.717, 1.165) is 0 Å². The standard InChI is InChI=1S/C23H16Cl2N2O4S/c1-30-20(28)13-27-21-18(25)11-15(24)12-19(21)32-23(27)26-22(29)14-6-5-9-17(10-14)31-16-7-3-2-4-8-16/h2-12H,13H2,1H3. The van der Waals surface area contributed by atoms with Gasteiger partial charge in [0, 0.05) is 10.6 Å². The van der Waals surface area contributed by atoms with Gasteiger partial charge in [-0.25, -0.2) is 0 Å². The van der Waals surface area contributed by atoms with Crippen LogP contribution in [-0.2, 0) is 16.1 Å². The summed E-state index contributed by atoms with van der Waals surface area (Å²) in [5.74, 6) is 0.172. The van der Waals surface area contributed by atoms with Crippen LogP contribution >= 0.6 is 34.5 Å². The molecule has 0 N–H and O–H groups in total. The van der Waals surface area contributed by atoms with Crippen molar-refractivity contribution in [3.8, 4) is 11.5 Å². The Balaban J connectivity index is 1.75. The number of para-hydroxylation sites is 1. The van der Waals surface area contributed by atoms with Crippen LogP contribution in [0, 0.1) is 0 Å². The highest BCUT2D eigenvalue weighted by Crippen LogP contribution is 2.30. The summed E-state index contributed by atoms with van der Waals surface area (Å²) >= 11 is 13.7. The number of nitrogens with zero attached hydrogens (tertiary/aromatic N) is 2. The highest BCUT2D eigenvalue weighted by molar-refractivity contribution is 7.16. The lowest BCUT2D eigenvalue weighted by Gasteiger charge is -2.06. The minimum Gasteiger partial charge on any atom is -0.468 e. The van der Waals surface area contributed by atoms with E-state index in [-0.39, 0.29) is 6.54 Å². The molecule has 1 heterocycles. The highest BCUT2D eigenvalue weighted by atomic mass is 35.5. The molecule has 3 aromatic carbocycles. The summed E-state index contributed by atoms with van der Waals surface area (Å²) < 4.78 is 12.8. The number of ether oxygens (including phenoxy) is 2. The molecule has 0 radical (unpaired) electrons. The van der Waals surface area contributed by atoms with Crippen LogP contribution in [0.3, 0.4) is 0 Å². The fraction of sp³-hybridized carbons (Fsp3) is 0.0870. The molecule has 0 atom stereocenters. The second kappa shape index (κ2) is 9.56. The van der Waals surface area contributed by atoms with Gasteiger partial charge in [0.25, 0.3) is 5.91 Å². The van der Waals surface area contributed by atoms with E-state index in [9.17, 15) is 9.59 Å². The number of thiazole rings is 1. The Morgan fingerprint density at radius 2 is 1.75 bits per heavy atom. The number of hydrogen-bond acceptors (Lipinski definition) is 5. The SMILES string of the molecule is COC(=O)Cn1c(=NC(=O)c2cccc(Oc3ccccc3)c2)sc2cc(Cl)cc(Cl)c21. The van der Waals surface area contributed by atoms with Gasteiger partial charge in [-0.05, 0) is 42.5 Å². The molecule has 0 spiro atoms. The molecule has 4 rings (SSSR count). The van der Waals surface area contributed by atoms with Gasteiger partial charge < -0.3 is 14.0 Å². The van der Waals surface area contributed by atoms with E-state index in [1.165, 1.54) is 18.4 Å². The Morgan fingerprint density at radius 3 is 2.50 bits per heavy atom. The van der Waals surface area contributed by atoms with Gasteiger partial charge in [-0.3, -0.25) is 9.59 Å². The second-order valence-corrected chi connectivity index (χ2v) is 8.49. The summed E-state index contributed by atoms with van der Waals surface area (Å²) in [7, 11) is 1.29. The van der Waals surface area contributed by atoms with E-state index in [2.05, 4.69) is 4.99 Å². The van der Waals surface area contributed by atoms with Gasteiger partial charge in [-0.15, -0.1) is 0 Å². The number of esters is 1. The molecule has 4 aromatic rings. The first-order valence-electron chi connectivity index (χ1n) is 9.42. The molecular weight excluding hydrogens is 471 g/mol. The van der Waals surface area contributed by atoms with Gasteiger partial charge in [-0.2, -0.15) is 4.99 Å². The minimum absolute atomic E-state index is 0.152. The Morgan fingerprint density at radius 1 is 1.00 bits per heavy atom. The predicted molar refractivity (Wildman–Crippen MR) is 125 cm³/mol. The maximum atomic E-state index is 13.0. The number of methoxy groups -OCH3 is 1. The third-order valence-corrected chi connectivity index (χ3v) is 6.00. The Kier molecular flexibility index (Phi) is 6.60. The molecule has 0 unspecified atom stereocenters. The maximum absolute atomic E-state index is 13.0. The van der Waals surface area contributed by atoms with E-state index < -0.39 is 11.9 Å². The van der Waals surface area contributed by atoms with Crippen LogP contribution in [0.2, 0.25) is 10.0 Å². The number of carbonyl (C=O) groups is 2. The fourth-order valence-electron chi connectivity index (χ4n) is 3.02. The van der Waals surface area contributed by atoms with Crippen LogP contribution in [0.25, 0.3) is 10.2 Å². The molecule has 0 fully saturated rings. The first-order valence-corrected chi connectivity index (χ1v) is 11.0. The molecule has 0 aliphatic carbocycles. The Labute approximate surface area is 197 Å². The van der Waals surface area contributed by atoms with Crippen molar-refractivity contribution in [1.82, 2.24) is 4.57 Å².